The van der Waals surface area contributed by atoms with Crippen LogP contribution in [0.5, 0.6) is 11.5 Å². The monoisotopic (exact) mass is 484 g/mol. The predicted octanol–water partition coefficient (Wildman–Crippen LogP) is 4.52. The highest BCUT2D eigenvalue weighted by atomic mass is 19.1. The molecule has 1 saturated heterocycles. The smallest absolute Gasteiger partial charge is 0.492 e. The second-order valence-corrected chi connectivity index (χ2v) is 10.3. The van der Waals surface area contributed by atoms with Gasteiger partial charge in [0.05, 0.1) is 17.8 Å². The summed E-state index contributed by atoms with van der Waals surface area (Å²) in [5, 5.41) is 0. The molecule has 0 radical (unpaired) electrons. The molecule has 35 heavy (non-hydrogen) atoms. The van der Waals surface area contributed by atoms with Crippen molar-refractivity contribution in [2.45, 2.75) is 70.2 Å². The quantitative estimate of drug-likeness (QED) is 0.460. The first-order valence-electron chi connectivity index (χ1n) is 12.1. The molecule has 0 N–H and O–H groups in total. The van der Waals surface area contributed by atoms with E-state index in [0.717, 1.165) is 28.6 Å². The van der Waals surface area contributed by atoms with E-state index in [4.69, 9.17) is 18.8 Å². The molecule has 0 spiro atoms. The Balaban J connectivity index is 0.000000917. The van der Waals surface area contributed by atoms with E-state index >= 15 is 0 Å². The first-order chi connectivity index (χ1) is 16.6. The van der Waals surface area contributed by atoms with E-state index in [1.165, 1.54) is 6.07 Å². The first kappa shape index (κ1) is 25.7. The van der Waals surface area contributed by atoms with Crippen molar-refractivity contribution in [3.8, 4) is 11.5 Å². The molecule has 188 valence electrons. The number of ether oxygens (including phenoxy) is 3. The summed E-state index contributed by atoms with van der Waals surface area (Å²) in [6.07, 6.45) is 2.34. The largest absolute Gasteiger partial charge is 0.495 e. The van der Waals surface area contributed by atoms with Crippen LogP contribution in [-0.4, -0.2) is 45.4 Å². The molecule has 0 saturated carbocycles. The van der Waals surface area contributed by atoms with Gasteiger partial charge in [-0.25, -0.2) is 4.39 Å². The third-order valence-corrected chi connectivity index (χ3v) is 7.35. The summed E-state index contributed by atoms with van der Waals surface area (Å²) in [5.74, 6) is 1.18. The van der Waals surface area contributed by atoms with Crippen molar-refractivity contribution in [1.29, 1.82) is 0 Å². The molecule has 2 atom stereocenters. The maximum Gasteiger partial charge on any atom is 0.495 e. The van der Waals surface area contributed by atoms with Gasteiger partial charge in [-0.2, -0.15) is 0 Å². The Hall–Kier alpha value is -2.42. The van der Waals surface area contributed by atoms with Gasteiger partial charge in [0.1, 0.15) is 29.7 Å². The first-order valence-corrected chi connectivity index (χ1v) is 12.1. The van der Waals surface area contributed by atoms with Crippen molar-refractivity contribution >= 4 is 18.9 Å². The average Bonchev–Trinajstić information content (AvgIpc) is 3.44. The van der Waals surface area contributed by atoms with Crippen LogP contribution >= 0.6 is 0 Å². The van der Waals surface area contributed by atoms with E-state index in [1.54, 1.807) is 20.3 Å². The van der Waals surface area contributed by atoms with Crippen LogP contribution < -0.4 is 14.9 Å². The normalized spacial score (nSPS) is 23.1. The van der Waals surface area contributed by atoms with Crippen LogP contribution in [0.25, 0.3) is 0 Å². The molecule has 8 heteroatoms. The van der Waals surface area contributed by atoms with Gasteiger partial charge >= 0.3 is 7.12 Å². The zero-order valence-corrected chi connectivity index (χ0v) is 21.4. The maximum atomic E-state index is 15.0. The molecular formula is C27H34BFO6. The Morgan fingerprint density at radius 2 is 1.80 bits per heavy atom. The summed E-state index contributed by atoms with van der Waals surface area (Å²) in [6, 6.07) is 8.91. The standard InChI is InChI=1S/C25H28BFO5.C2H6O/c1-24(2)25(3,4)32-26(31-24)19-8-9-20(27)23-18(19)7-10-21(23)30-16-5-6-17-15(11-12-28)14-29-22(17)13-16;1-3-2/h5-6,8-9,12-13,15,21H,7,10-11,14H2,1-4H3;1-2H3/t15-,21?;/m1./s1. The molecule has 5 rings (SSSR count). The zero-order chi connectivity index (χ0) is 25.4. The lowest BCUT2D eigenvalue weighted by Crippen LogP contribution is -2.41. The Morgan fingerprint density at radius 3 is 2.46 bits per heavy atom. The fourth-order valence-electron chi connectivity index (χ4n) is 4.81. The fourth-order valence-corrected chi connectivity index (χ4v) is 4.81. The van der Waals surface area contributed by atoms with Gasteiger partial charge in [-0.1, -0.05) is 12.1 Å². The van der Waals surface area contributed by atoms with E-state index in [1.807, 2.05) is 45.9 Å². The molecule has 6 nitrogen and oxygen atoms in total. The Kier molecular flexibility index (Phi) is 7.27. The topological polar surface area (TPSA) is 63.2 Å². The van der Waals surface area contributed by atoms with Crippen LogP contribution in [0.2, 0.25) is 0 Å². The number of benzene rings is 2. The third kappa shape index (κ3) is 4.84. The minimum Gasteiger partial charge on any atom is -0.492 e. The Bertz CT molecular complexity index is 1070. The zero-order valence-electron chi connectivity index (χ0n) is 21.4. The molecule has 0 amide bonds. The molecule has 0 aromatic heterocycles. The number of hydrogen-bond acceptors (Lipinski definition) is 6. The number of rotatable bonds is 5. The van der Waals surface area contributed by atoms with Crippen molar-refractivity contribution in [2.24, 2.45) is 0 Å². The van der Waals surface area contributed by atoms with E-state index in [0.29, 0.717) is 37.2 Å². The molecule has 1 unspecified atom stereocenters. The summed E-state index contributed by atoms with van der Waals surface area (Å²) in [7, 11) is 2.72. The number of fused-ring (bicyclic) bond motifs is 2. The second-order valence-electron chi connectivity index (χ2n) is 10.3. The van der Waals surface area contributed by atoms with Crippen LogP contribution in [0, 0.1) is 5.82 Å². The van der Waals surface area contributed by atoms with Crippen molar-refractivity contribution in [2.75, 3.05) is 20.8 Å². The van der Waals surface area contributed by atoms with E-state index in [-0.39, 0.29) is 11.7 Å². The highest BCUT2D eigenvalue weighted by molar-refractivity contribution is 6.62. The average molecular weight is 484 g/mol. The van der Waals surface area contributed by atoms with Crippen molar-refractivity contribution in [1.82, 2.24) is 0 Å². The van der Waals surface area contributed by atoms with Gasteiger partial charge in [0, 0.05) is 43.8 Å². The van der Waals surface area contributed by atoms with Gasteiger partial charge in [-0.15, -0.1) is 0 Å². The molecule has 2 aromatic carbocycles. The summed E-state index contributed by atoms with van der Waals surface area (Å²) in [6.45, 7) is 8.54. The number of hydrogen-bond donors (Lipinski definition) is 0. The molecule has 1 fully saturated rings. The number of carbonyl (C=O) groups is 1. The number of methoxy groups -OCH3 is 1. The molecule has 2 heterocycles. The van der Waals surface area contributed by atoms with Gasteiger partial charge in [0.2, 0.25) is 0 Å². The number of halogens is 1. The van der Waals surface area contributed by atoms with Crippen molar-refractivity contribution in [3.05, 3.63) is 52.8 Å². The van der Waals surface area contributed by atoms with Gasteiger partial charge < -0.3 is 28.3 Å². The third-order valence-electron chi connectivity index (χ3n) is 7.35. The van der Waals surface area contributed by atoms with Crippen LogP contribution in [-0.2, 0) is 25.3 Å². The number of aldehydes is 1. The van der Waals surface area contributed by atoms with Crippen LogP contribution in [0.4, 0.5) is 4.39 Å². The van der Waals surface area contributed by atoms with Crippen molar-refractivity contribution < 1.29 is 32.7 Å². The van der Waals surface area contributed by atoms with E-state index in [2.05, 4.69) is 4.74 Å². The molecule has 3 aliphatic rings. The van der Waals surface area contributed by atoms with Crippen molar-refractivity contribution in [3.63, 3.8) is 0 Å². The number of carbonyl (C=O) groups excluding carboxylic acids is 1. The predicted molar refractivity (Wildman–Crippen MR) is 132 cm³/mol. The minimum absolute atomic E-state index is 0.0867. The summed E-state index contributed by atoms with van der Waals surface area (Å²) < 4.78 is 43.6. The summed E-state index contributed by atoms with van der Waals surface area (Å²) in [4.78, 5) is 10.9. The molecular weight excluding hydrogens is 450 g/mol. The molecule has 2 aliphatic heterocycles. The highest BCUT2D eigenvalue weighted by Crippen LogP contribution is 2.42. The van der Waals surface area contributed by atoms with Crippen LogP contribution in [0.1, 0.15) is 69.2 Å². The maximum absolute atomic E-state index is 15.0. The van der Waals surface area contributed by atoms with Crippen LogP contribution in [0.15, 0.2) is 30.3 Å². The van der Waals surface area contributed by atoms with Crippen LogP contribution in [0.3, 0.4) is 0 Å². The Morgan fingerprint density at radius 1 is 1.11 bits per heavy atom. The molecule has 1 aliphatic carbocycles. The fraction of sp³-hybridized carbons (Fsp3) is 0.519. The minimum atomic E-state index is -0.531. The van der Waals surface area contributed by atoms with Gasteiger partial charge in [-0.05, 0) is 63.7 Å². The summed E-state index contributed by atoms with van der Waals surface area (Å²) >= 11 is 0. The van der Waals surface area contributed by atoms with Gasteiger partial charge in [-0.3, -0.25) is 0 Å². The lowest BCUT2D eigenvalue weighted by atomic mass is 9.75. The highest BCUT2D eigenvalue weighted by Gasteiger charge is 2.52. The lowest BCUT2D eigenvalue weighted by molar-refractivity contribution is -0.108. The van der Waals surface area contributed by atoms with Gasteiger partial charge in [0.25, 0.3) is 0 Å². The molecule has 2 aromatic rings. The summed E-state index contributed by atoms with van der Waals surface area (Å²) in [5.41, 5.74) is 2.47. The van der Waals surface area contributed by atoms with E-state index in [9.17, 15) is 9.18 Å². The Labute approximate surface area is 207 Å². The lowest BCUT2D eigenvalue weighted by Gasteiger charge is -2.32. The van der Waals surface area contributed by atoms with E-state index < -0.39 is 24.4 Å². The SMILES string of the molecule is CC1(C)OB(c2ccc(F)c3c2CCC3Oc2ccc3c(c2)OC[C@H]3CC=O)OC1(C)C.COC. The molecule has 0 bridgehead atoms. The van der Waals surface area contributed by atoms with Gasteiger partial charge in [0.15, 0.2) is 0 Å². The second kappa shape index (κ2) is 9.92.